The van der Waals surface area contributed by atoms with Crippen molar-refractivity contribution in [1.29, 1.82) is 0 Å². The van der Waals surface area contributed by atoms with Crippen molar-refractivity contribution >= 4 is 23.5 Å². The third-order valence-electron chi connectivity index (χ3n) is 3.05. The van der Waals surface area contributed by atoms with Gasteiger partial charge < -0.3 is 20.5 Å². The normalized spacial score (nSPS) is 17.4. The Bertz CT molecular complexity index is 570. The largest absolute Gasteiger partial charge is 0.496 e. The van der Waals surface area contributed by atoms with Crippen molar-refractivity contribution in [2.45, 2.75) is 6.42 Å². The number of carbonyl (C=O) groups is 3. The maximum atomic E-state index is 11.9. The number of rotatable bonds is 4. The van der Waals surface area contributed by atoms with Crippen molar-refractivity contribution in [3.63, 3.8) is 0 Å². The molecule has 2 amide bonds. The zero-order valence-corrected chi connectivity index (χ0v) is 10.8. The Morgan fingerprint density at radius 2 is 2.20 bits per heavy atom. The smallest absolute Gasteiger partial charge is 0.339 e. The molecule has 7 heteroatoms. The van der Waals surface area contributed by atoms with Crippen LogP contribution in [0.15, 0.2) is 18.2 Å². The topological polar surface area (TPSA) is 105 Å². The molecule has 1 aliphatic rings. The fourth-order valence-electron chi connectivity index (χ4n) is 1.98. The van der Waals surface area contributed by atoms with Crippen molar-refractivity contribution in [1.82, 2.24) is 5.32 Å². The molecule has 106 valence electrons. The Morgan fingerprint density at radius 3 is 2.75 bits per heavy atom. The average molecular weight is 278 g/mol. The summed E-state index contributed by atoms with van der Waals surface area (Å²) in [5.41, 5.74) is 0.444. The molecule has 0 bridgehead atoms. The molecular weight excluding hydrogens is 264 g/mol. The monoisotopic (exact) mass is 278 g/mol. The number of carboxylic acid groups (broad SMARTS) is 1. The number of ether oxygens (including phenoxy) is 1. The van der Waals surface area contributed by atoms with Crippen LogP contribution >= 0.6 is 0 Å². The number of hydrogen-bond donors (Lipinski definition) is 3. The number of benzene rings is 1. The summed E-state index contributed by atoms with van der Waals surface area (Å²) in [6.07, 6.45) is 0.163. The Labute approximate surface area is 114 Å². The molecule has 1 saturated heterocycles. The Kier molecular flexibility index (Phi) is 3.88. The first-order valence-corrected chi connectivity index (χ1v) is 6.00. The van der Waals surface area contributed by atoms with Crippen molar-refractivity contribution in [2.75, 3.05) is 19.0 Å². The molecular formula is C13H14N2O5. The van der Waals surface area contributed by atoms with Gasteiger partial charge in [-0.1, -0.05) is 0 Å². The third kappa shape index (κ3) is 2.87. The van der Waals surface area contributed by atoms with E-state index in [9.17, 15) is 14.4 Å². The molecule has 1 atom stereocenters. The van der Waals surface area contributed by atoms with Crippen LogP contribution in [0.4, 0.5) is 5.69 Å². The van der Waals surface area contributed by atoms with Crippen LogP contribution in [0.5, 0.6) is 5.75 Å². The van der Waals surface area contributed by atoms with Crippen molar-refractivity contribution in [2.24, 2.45) is 5.92 Å². The van der Waals surface area contributed by atoms with Gasteiger partial charge in [0, 0.05) is 24.7 Å². The molecule has 1 aliphatic heterocycles. The van der Waals surface area contributed by atoms with E-state index >= 15 is 0 Å². The van der Waals surface area contributed by atoms with E-state index in [1.54, 1.807) is 0 Å². The summed E-state index contributed by atoms with van der Waals surface area (Å²) in [6, 6.07) is 4.27. The predicted molar refractivity (Wildman–Crippen MR) is 69.7 cm³/mol. The minimum absolute atomic E-state index is 0.0169. The van der Waals surface area contributed by atoms with E-state index in [0.717, 1.165) is 0 Å². The summed E-state index contributed by atoms with van der Waals surface area (Å²) >= 11 is 0. The molecule has 0 aromatic heterocycles. The summed E-state index contributed by atoms with van der Waals surface area (Å²) in [6.45, 7) is 0.314. The van der Waals surface area contributed by atoms with Gasteiger partial charge in [0.25, 0.3) is 0 Å². The fraction of sp³-hybridized carbons (Fsp3) is 0.308. The third-order valence-corrected chi connectivity index (χ3v) is 3.05. The lowest BCUT2D eigenvalue weighted by Crippen LogP contribution is -2.24. The van der Waals surface area contributed by atoms with E-state index in [1.165, 1.54) is 25.3 Å². The maximum absolute atomic E-state index is 11.9. The molecule has 7 nitrogen and oxygen atoms in total. The molecule has 2 rings (SSSR count). The summed E-state index contributed by atoms with van der Waals surface area (Å²) in [5.74, 6) is -1.79. The second-order valence-electron chi connectivity index (χ2n) is 4.41. The lowest BCUT2D eigenvalue weighted by atomic mass is 10.1. The lowest BCUT2D eigenvalue weighted by Gasteiger charge is -2.11. The molecule has 1 unspecified atom stereocenters. The molecule has 0 spiro atoms. The lowest BCUT2D eigenvalue weighted by molar-refractivity contribution is -0.123. The highest BCUT2D eigenvalue weighted by molar-refractivity contribution is 5.98. The van der Waals surface area contributed by atoms with Gasteiger partial charge in [-0.3, -0.25) is 9.59 Å². The number of anilines is 1. The molecule has 1 aromatic carbocycles. The van der Waals surface area contributed by atoms with Gasteiger partial charge in [-0.2, -0.15) is 0 Å². The second kappa shape index (κ2) is 5.60. The minimum Gasteiger partial charge on any atom is -0.496 e. The number of carbonyl (C=O) groups excluding carboxylic acids is 2. The molecule has 1 heterocycles. The highest BCUT2D eigenvalue weighted by atomic mass is 16.5. The summed E-state index contributed by atoms with van der Waals surface area (Å²) in [4.78, 5) is 33.9. The van der Waals surface area contributed by atoms with Crippen LogP contribution in [-0.2, 0) is 9.59 Å². The van der Waals surface area contributed by atoms with Gasteiger partial charge in [0.05, 0.1) is 13.0 Å². The first-order chi connectivity index (χ1) is 9.51. The van der Waals surface area contributed by atoms with E-state index in [2.05, 4.69) is 10.6 Å². The van der Waals surface area contributed by atoms with E-state index in [4.69, 9.17) is 9.84 Å². The Hall–Kier alpha value is -2.57. The maximum Gasteiger partial charge on any atom is 0.339 e. The molecule has 1 aromatic rings. The number of hydrogen-bond acceptors (Lipinski definition) is 4. The summed E-state index contributed by atoms with van der Waals surface area (Å²) < 4.78 is 4.97. The first-order valence-electron chi connectivity index (χ1n) is 6.00. The quantitative estimate of drug-likeness (QED) is 0.742. The van der Waals surface area contributed by atoms with Crippen LogP contribution in [0.25, 0.3) is 0 Å². The number of nitrogens with one attached hydrogen (secondary N) is 2. The minimum atomic E-state index is -1.11. The zero-order valence-electron chi connectivity index (χ0n) is 10.8. The molecule has 20 heavy (non-hydrogen) atoms. The molecule has 3 N–H and O–H groups in total. The van der Waals surface area contributed by atoms with Crippen LogP contribution < -0.4 is 15.4 Å². The fourth-order valence-corrected chi connectivity index (χ4v) is 1.98. The number of carboxylic acids is 1. The van der Waals surface area contributed by atoms with E-state index in [1.807, 2.05) is 0 Å². The first kappa shape index (κ1) is 13.9. The molecule has 0 radical (unpaired) electrons. The van der Waals surface area contributed by atoms with Crippen LogP contribution in [-0.4, -0.2) is 36.5 Å². The highest BCUT2D eigenvalue weighted by Crippen LogP contribution is 2.24. The predicted octanol–water partition coefficient (Wildman–Crippen LogP) is 0.468. The Balaban J connectivity index is 2.11. The average Bonchev–Trinajstić information content (AvgIpc) is 2.85. The van der Waals surface area contributed by atoms with Gasteiger partial charge in [-0.25, -0.2) is 4.79 Å². The van der Waals surface area contributed by atoms with Gasteiger partial charge in [0.2, 0.25) is 11.8 Å². The number of amides is 2. The number of aromatic carboxylic acids is 1. The second-order valence-corrected chi connectivity index (χ2v) is 4.41. The standard InChI is InChI=1S/C13H14N2O5/c1-20-10-5-8(2-3-9(10)13(18)19)15-12(17)7-4-11(16)14-6-7/h2-3,5,7H,4,6H2,1H3,(H,14,16)(H,15,17)(H,18,19). The molecule has 1 fully saturated rings. The highest BCUT2D eigenvalue weighted by Gasteiger charge is 2.28. The van der Waals surface area contributed by atoms with Crippen LogP contribution in [0.3, 0.4) is 0 Å². The van der Waals surface area contributed by atoms with Crippen LogP contribution in [0, 0.1) is 5.92 Å². The van der Waals surface area contributed by atoms with Gasteiger partial charge in [-0.05, 0) is 12.1 Å². The Morgan fingerprint density at radius 1 is 1.45 bits per heavy atom. The van der Waals surface area contributed by atoms with Gasteiger partial charge in [0.1, 0.15) is 11.3 Å². The van der Waals surface area contributed by atoms with E-state index in [0.29, 0.717) is 12.2 Å². The number of methoxy groups -OCH3 is 1. The van der Waals surface area contributed by atoms with Gasteiger partial charge in [0.15, 0.2) is 0 Å². The van der Waals surface area contributed by atoms with E-state index < -0.39 is 11.9 Å². The van der Waals surface area contributed by atoms with Crippen molar-refractivity contribution in [3.05, 3.63) is 23.8 Å². The molecule has 0 saturated carbocycles. The SMILES string of the molecule is COc1cc(NC(=O)C2CNC(=O)C2)ccc1C(=O)O. The van der Waals surface area contributed by atoms with Crippen molar-refractivity contribution < 1.29 is 24.2 Å². The van der Waals surface area contributed by atoms with Crippen LogP contribution in [0.2, 0.25) is 0 Å². The van der Waals surface area contributed by atoms with Gasteiger partial charge in [-0.15, -0.1) is 0 Å². The van der Waals surface area contributed by atoms with Crippen LogP contribution in [0.1, 0.15) is 16.8 Å². The zero-order chi connectivity index (χ0) is 14.7. The summed E-state index contributed by atoms with van der Waals surface area (Å²) in [5, 5.41) is 14.2. The van der Waals surface area contributed by atoms with Crippen molar-refractivity contribution in [3.8, 4) is 5.75 Å². The summed E-state index contributed by atoms with van der Waals surface area (Å²) in [7, 11) is 1.35. The van der Waals surface area contributed by atoms with E-state index in [-0.39, 0.29) is 29.5 Å². The van der Waals surface area contributed by atoms with Gasteiger partial charge >= 0.3 is 5.97 Å². The molecule has 0 aliphatic carbocycles.